The summed E-state index contributed by atoms with van der Waals surface area (Å²) in [7, 11) is 0. The number of rotatable bonds is 6. The van der Waals surface area contributed by atoms with Crippen molar-refractivity contribution < 1.29 is 9.53 Å². The molecule has 6 nitrogen and oxygen atoms in total. The average Bonchev–Trinajstić information content (AvgIpc) is 2.55. The number of hydrogen-bond acceptors (Lipinski definition) is 3. The minimum absolute atomic E-state index is 0.0455. The third-order valence-electron chi connectivity index (χ3n) is 3.86. The number of carbonyl (C=O) groups excluding carboxylic acids is 1. The van der Waals surface area contributed by atoms with Crippen LogP contribution in [-0.2, 0) is 4.79 Å². The molecule has 1 aliphatic carbocycles. The van der Waals surface area contributed by atoms with E-state index in [2.05, 4.69) is 15.6 Å². The maximum Gasteiger partial charge on any atom is 0.242 e. The normalized spacial score (nSPS) is 16.0. The molecule has 1 aromatic rings. The SMILES string of the molecule is CC(C)Oc1ccc(NC(N)=NCC(=O)NC2CCCCC2)cc1. The first-order valence-electron chi connectivity index (χ1n) is 8.66. The second-order valence-electron chi connectivity index (χ2n) is 6.42. The second-order valence-corrected chi connectivity index (χ2v) is 6.42. The fraction of sp³-hybridized carbons (Fsp3) is 0.556. The highest BCUT2D eigenvalue weighted by Gasteiger charge is 2.15. The minimum atomic E-state index is -0.0765. The summed E-state index contributed by atoms with van der Waals surface area (Å²) in [6.45, 7) is 4.01. The first kappa shape index (κ1) is 18.1. The Balaban J connectivity index is 1.77. The largest absolute Gasteiger partial charge is 0.491 e. The van der Waals surface area contributed by atoms with Crippen LogP contribution in [0.5, 0.6) is 5.75 Å². The van der Waals surface area contributed by atoms with E-state index in [1.165, 1.54) is 19.3 Å². The van der Waals surface area contributed by atoms with Crippen LogP contribution in [0.1, 0.15) is 46.0 Å². The molecule has 24 heavy (non-hydrogen) atoms. The molecular weight excluding hydrogens is 304 g/mol. The minimum Gasteiger partial charge on any atom is -0.491 e. The molecule has 4 N–H and O–H groups in total. The van der Waals surface area contributed by atoms with E-state index >= 15 is 0 Å². The molecule has 0 radical (unpaired) electrons. The molecule has 0 spiro atoms. The van der Waals surface area contributed by atoms with Crippen molar-refractivity contribution in [1.82, 2.24) is 5.32 Å². The van der Waals surface area contributed by atoms with Crippen LogP contribution in [0.2, 0.25) is 0 Å². The third-order valence-corrected chi connectivity index (χ3v) is 3.86. The maximum absolute atomic E-state index is 11.9. The topological polar surface area (TPSA) is 88.7 Å². The summed E-state index contributed by atoms with van der Waals surface area (Å²) in [5, 5.41) is 5.99. The predicted molar refractivity (Wildman–Crippen MR) is 97.3 cm³/mol. The summed E-state index contributed by atoms with van der Waals surface area (Å²) < 4.78 is 5.58. The van der Waals surface area contributed by atoms with E-state index in [1.54, 1.807) is 0 Å². The molecule has 132 valence electrons. The first-order valence-corrected chi connectivity index (χ1v) is 8.66. The Morgan fingerprint density at radius 3 is 2.54 bits per heavy atom. The number of hydrogen-bond donors (Lipinski definition) is 3. The average molecular weight is 332 g/mol. The fourth-order valence-electron chi connectivity index (χ4n) is 2.75. The molecule has 1 aliphatic rings. The molecular formula is C18H28N4O2. The standard InChI is InChI=1S/C18H28N4O2/c1-13(2)24-16-10-8-15(9-11-16)22-18(19)20-12-17(23)21-14-6-4-3-5-7-14/h8-11,13-14H,3-7,12H2,1-2H3,(H,21,23)(H3,19,20,22). The number of amides is 1. The van der Waals surface area contributed by atoms with Gasteiger partial charge in [0.15, 0.2) is 5.96 Å². The lowest BCUT2D eigenvalue weighted by Gasteiger charge is -2.22. The van der Waals surface area contributed by atoms with Crippen molar-refractivity contribution in [2.75, 3.05) is 11.9 Å². The van der Waals surface area contributed by atoms with Gasteiger partial charge in [0.2, 0.25) is 5.91 Å². The van der Waals surface area contributed by atoms with Crippen LogP contribution in [0, 0.1) is 0 Å². The van der Waals surface area contributed by atoms with Gasteiger partial charge in [-0.15, -0.1) is 0 Å². The Kier molecular flexibility index (Phi) is 6.90. The van der Waals surface area contributed by atoms with Gasteiger partial charge in [0, 0.05) is 11.7 Å². The third kappa shape index (κ3) is 6.48. The molecule has 2 rings (SSSR count). The number of nitrogens with two attached hydrogens (primary N) is 1. The van der Waals surface area contributed by atoms with E-state index in [0.29, 0.717) is 6.04 Å². The van der Waals surface area contributed by atoms with E-state index in [9.17, 15) is 4.79 Å². The molecule has 0 atom stereocenters. The van der Waals surface area contributed by atoms with Gasteiger partial charge < -0.3 is 21.1 Å². The molecule has 0 saturated heterocycles. The van der Waals surface area contributed by atoms with E-state index in [0.717, 1.165) is 24.3 Å². The number of guanidine groups is 1. The smallest absolute Gasteiger partial charge is 0.242 e. The summed E-state index contributed by atoms with van der Waals surface area (Å²) in [5.41, 5.74) is 6.64. The molecule has 1 amide bonds. The van der Waals surface area contributed by atoms with Gasteiger partial charge in [0.1, 0.15) is 12.3 Å². The van der Waals surface area contributed by atoms with Crippen LogP contribution in [-0.4, -0.2) is 30.6 Å². The zero-order valence-electron chi connectivity index (χ0n) is 14.5. The van der Waals surface area contributed by atoms with Gasteiger partial charge in [-0.2, -0.15) is 0 Å². The quantitative estimate of drug-likeness (QED) is 0.552. The number of ether oxygens (including phenoxy) is 1. The highest BCUT2D eigenvalue weighted by Crippen LogP contribution is 2.17. The van der Waals surface area contributed by atoms with Crippen LogP contribution in [0.3, 0.4) is 0 Å². The van der Waals surface area contributed by atoms with Gasteiger partial charge >= 0.3 is 0 Å². The number of nitrogens with one attached hydrogen (secondary N) is 2. The van der Waals surface area contributed by atoms with Gasteiger partial charge in [-0.25, -0.2) is 4.99 Å². The fourth-order valence-corrected chi connectivity index (χ4v) is 2.75. The Labute approximate surface area is 143 Å². The summed E-state index contributed by atoms with van der Waals surface area (Å²) in [6, 6.07) is 7.75. The van der Waals surface area contributed by atoms with E-state index in [1.807, 2.05) is 38.1 Å². The van der Waals surface area contributed by atoms with Gasteiger partial charge in [-0.3, -0.25) is 4.79 Å². The molecule has 6 heteroatoms. The highest BCUT2D eigenvalue weighted by molar-refractivity contribution is 5.93. The van der Waals surface area contributed by atoms with Crippen molar-refractivity contribution >= 4 is 17.6 Å². The molecule has 0 aliphatic heterocycles. The monoisotopic (exact) mass is 332 g/mol. The van der Waals surface area contributed by atoms with Crippen LogP contribution in [0.25, 0.3) is 0 Å². The van der Waals surface area contributed by atoms with Gasteiger partial charge in [0.25, 0.3) is 0 Å². The lowest BCUT2D eigenvalue weighted by atomic mass is 9.95. The van der Waals surface area contributed by atoms with Crippen LogP contribution in [0.15, 0.2) is 29.3 Å². The zero-order chi connectivity index (χ0) is 17.4. The van der Waals surface area contributed by atoms with Crippen molar-refractivity contribution in [3.63, 3.8) is 0 Å². The van der Waals surface area contributed by atoms with Crippen LogP contribution < -0.4 is 21.1 Å². The summed E-state index contributed by atoms with van der Waals surface area (Å²) in [6.07, 6.45) is 5.91. The second kappa shape index (κ2) is 9.15. The zero-order valence-corrected chi connectivity index (χ0v) is 14.5. The first-order chi connectivity index (χ1) is 11.5. The molecule has 1 aromatic carbocycles. The van der Waals surface area contributed by atoms with E-state index in [4.69, 9.17) is 10.5 Å². The summed E-state index contributed by atoms with van der Waals surface area (Å²) in [4.78, 5) is 16.0. The molecule has 0 unspecified atom stereocenters. The molecule has 0 aromatic heterocycles. The number of carbonyl (C=O) groups is 1. The van der Waals surface area contributed by atoms with Crippen molar-refractivity contribution in [2.45, 2.75) is 58.1 Å². The van der Waals surface area contributed by atoms with E-state index < -0.39 is 0 Å². The number of benzene rings is 1. The van der Waals surface area contributed by atoms with Gasteiger partial charge in [-0.05, 0) is 51.0 Å². The highest BCUT2D eigenvalue weighted by atomic mass is 16.5. The lowest BCUT2D eigenvalue weighted by molar-refractivity contribution is -0.120. The Morgan fingerprint density at radius 2 is 1.92 bits per heavy atom. The predicted octanol–water partition coefficient (Wildman–Crippen LogP) is 2.65. The van der Waals surface area contributed by atoms with E-state index in [-0.39, 0.29) is 24.5 Å². The van der Waals surface area contributed by atoms with Crippen molar-refractivity contribution in [3.05, 3.63) is 24.3 Å². The van der Waals surface area contributed by atoms with Crippen molar-refractivity contribution in [2.24, 2.45) is 10.7 Å². The van der Waals surface area contributed by atoms with Gasteiger partial charge in [0.05, 0.1) is 6.10 Å². The molecule has 1 fully saturated rings. The lowest BCUT2D eigenvalue weighted by Crippen LogP contribution is -2.38. The molecule has 0 heterocycles. The Bertz CT molecular complexity index is 549. The van der Waals surface area contributed by atoms with Crippen molar-refractivity contribution in [3.8, 4) is 5.75 Å². The number of nitrogens with zero attached hydrogens (tertiary/aromatic N) is 1. The van der Waals surface area contributed by atoms with Gasteiger partial charge in [-0.1, -0.05) is 19.3 Å². The number of aliphatic imine (C=N–C) groups is 1. The van der Waals surface area contributed by atoms with Crippen molar-refractivity contribution in [1.29, 1.82) is 0 Å². The Morgan fingerprint density at radius 1 is 1.25 bits per heavy atom. The molecule has 1 saturated carbocycles. The van der Waals surface area contributed by atoms with Crippen LogP contribution in [0.4, 0.5) is 5.69 Å². The summed E-state index contributed by atoms with van der Waals surface area (Å²) in [5.74, 6) is 0.955. The maximum atomic E-state index is 11.9. The Hall–Kier alpha value is -2.24. The summed E-state index contributed by atoms with van der Waals surface area (Å²) >= 11 is 0. The number of anilines is 1. The molecule has 0 bridgehead atoms. The van der Waals surface area contributed by atoms with Crippen LogP contribution >= 0.6 is 0 Å².